The zero-order valence-electron chi connectivity index (χ0n) is 15.6. The van der Waals surface area contributed by atoms with Crippen LogP contribution in [0.2, 0.25) is 0 Å². The van der Waals surface area contributed by atoms with Gasteiger partial charge in [-0.1, -0.05) is 38.1 Å². The van der Waals surface area contributed by atoms with E-state index in [0.717, 1.165) is 38.2 Å². The number of benzene rings is 1. The van der Waals surface area contributed by atoms with Crippen LogP contribution in [0.25, 0.3) is 0 Å². The lowest BCUT2D eigenvalue weighted by Gasteiger charge is -2.25. The Kier molecular flexibility index (Phi) is 5.57. The van der Waals surface area contributed by atoms with Crippen molar-refractivity contribution >= 4 is 5.91 Å². The van der Waals surface area contributed by atoms with Crippen LogP contribution in [-0.4, -0.2) is 32.9 Å². The van der Waals surface area contributed by atoms with E-state index in [0.29, 0.717) is 18.4 Å². The summed E-state index contributed by atoms with van der Waals surface area (Å²) in [4.78, 5) is 19.1. The highest BCUT2D eigenvalue weighted by atomic mass is 16.2. The van der Waals surface area contributed by atoms with Gasteiger partial charge in [0.25, 0.3) is 0 Å². The van der Waals surface area contributed by atoms with E-state index in [1.165, 1.54) is 11.1 Å². The average Bonchev–Trinajstić information content (AvgIpc) is 3.23. The second-order valence-electron chi connectivity index (χ2n) is 7.41. The third-order valence-electron chi connectivity index (χ3n) is 5.30. The fraction of sp³-hybridized carbons (Fsp3) is 0.524. The van der Waals surface area contributed by atoms with Crippen LogP contribution in [0.15, 0.2) is 36.7 Å². The van der Waals surface area contributed by atoms with Crippen molar-refractivity contribution in [1.82, 2.24) is 14.5 Å². The summed E-state index contributed by atoms with van der Waals surface area (Å²) in [6.07, 6.45) is 7.45. The Morgan fingerprint density at radius 2 is 2.04 bits per heavy atom. The van der Waals surface area contributed by atoms with Gasteiger partial charge in [0.05, 0.1) is 0 Å². The van der Waals surface area contributed by atoms with Crippen LogP contribution in [-0.2, 0) is 17.8 Å². The van der Waals surface area contributed by atoms with Crippen LogP contribution in [0.3, 0.4) is 0 Å². The first-order valence-electron chi connectivity index (χ1n) is 9.40. The van der Waals surface area contributed by atoms with Crippen LogP contribution in [0.5, 0.6) is 0 Å². The van der Waals surface area contributed by atoms with Crippen molar-refractivity contribution in [3.63, 3.8) is 0 Å². The number of nitrogens with zero attached hydrogens (tertiary/aromatic N) is 3. The van der Waals surface area contributed by atoms with Crippen molar-refractivity contribution in [1.29, 1.82) is 0 Å². The molecule has 0 spiro atoms. The number of aromatic nitrogens is 2. The number of likely N-dealkylation sites (tertiary alicyclic amines) is 1. The Bertz CT molecular complexity index is 702. The van der Waals surface area contributed by atoms with Gasteiger partial charge in [0.1, 0.15) is 5.82 Å². The lowest BCUT2D eigenvalue weighted by atomic mass is 10.00. The number of hydrogen-bond donors (Lipinski definition) is 0. The molecule has 0 radical (unpaired) electrons. The summed E-state index contributed by atoms with van der Waals surface area (Å²) in [7, 11) is 0. The molecule has 0 N–H and O–H groups in total. The summed E-state index contributed by atoms with van der Waals surface area (Å²) in [5.41, 5.74) is 2.60. The number of aryl methyl sites for hydroxylation is 2. The SMILES string of the molecule is Cc1nccn1CC1CCCN1C(=O)CCc1ccc(C(C)C)cc1. The fourth-order valence-electron chi connectivity index (χ4n) is 3.64. The topological polar surface area (TPSA) is 38.1 Å². The van der Waals surface area contributed by atoms with Gasteiger partial charge in [-0.2, -0.15) is 0 Å². The maximum absolute atomic E-state index is 12.7. The Morgan fingerprint density at radius 1 is 1.28 bits per heavy atom. The molecule has 134 valence electrons. The van der Waals surface area contributed by atoms with Gasteiger partial charge in [-0.25, -0.2) is 4.98 Å². The second kappa shape index (κ2) is 7.85. The number of amides is 1. The summed E-state index contributed by atoms with van der Waals surface area (Å²) in [6.45, 7) is 8.17. The van der Waals surface area contributed by atoms with Gasteiger partial charge in [0, 0.05) is 37.9 Å². The first kappa shape index (κ1) is 17.7. The number of carbonyl (C=O) groups excluding carboxylic acids is 1. The largest absolute Gasteiger partial charge is 0.338 e. The number of rotatable bonds is 6. The average molecular weight is 339 g/mol. The van der Waals surface area contributed by atoms with E-state index in [-0.39, 0.29) is 5.91 Å². The molecule has 2 heterocycles. The van der Waals surface area contributed by atoms with Crippen LogP contribution < -0.4 is 0 Å². The predicted octanol–water partition coefficient (Wildman–Crippen LogP) is 3.94. The highest BCUT2D eigenvalue weighted by Gasteiger charge is 2.28. The minimum Gasteiger partial charge on any atom is -0.338 e. The lowest BCUT2D eigenvalue weighted by Crippen LogP contribution is -2.38. The van der Waals surface area contributed by atoms with E-state index in [1.807, 2.05) is 19.3 Å². The van der Waals surface area contributed by atoms with Gasteiger partial charge in [0.2, 0.25) is 5.91 Å². The van der Waals surface area contributed by atoms with Gasteiger partial charge in [-0.3, -0.25) is 4.79 Å². The van der Waals surface area contributed by atoms with Gasteiger partial charge in [-0.15, -0.1) is 0 Å². The quantitative estimate of drug-likeness (QED) is 0.799. The predicted molar refractivity (Wildman–Crippen MR) is 101 cm³/mol. The minimum absolute atomic E-state index is 0.285. The molecule has 1 saturated heterocycles. The Balaban J connectivity index is 1.55. The normalized spacial score (nSPS) is 17.4. The molecule has 0 saturated carbocycles. The zero-order valence-corrected chi connectivity index (χ0v) is 15.6. The summed E-state index contributed by atoms with van der Waals surface area (Å²) < 4.78 is 2.15. The standard InChI is InChI=1S/C21H29N3O/c1-16(2)19-9-6-18(7-10-19)8-11-21(25)24-13-4-5-20(24)15-23-14-12-22-17(23)3/h6-7,9-10,12,14,16,20H,4-5,8,11,13,15H2,1-3H3. The minimum atomic E-state index is 0.285. The first-order valence-corrected chi connectivity index (χ1v) is 9.40. The Morgan fingerprint density at radius 3 is 2.68 bits per heavy atom. The smallest absolute Gasteiger partial charge is 0.223 e. The molecule has 2 aromatic rings. The molecule has 0 bridgehead atoms. The van der Waals surface area contributed by atoms with Crippen LogP contribution in [0.4, 0.5) is 0 Å². The third kappa shape index (κ3) is 4.30. The monoisotopic (exact) mass is 339 g/mol. The molecule has 1 aromatic heterocycles. The maximum Gasteiger partial charge on any atom is 0.223 e. The summed E-state index contributed by atoms with van der Waals surface area (Å²) in [6, 6.07) is 9.01. The van der Waals surface area contributed by atoms with Crippen molar-refractivity contribution in [3.05, 3.63) is 53.6 Å². The Hall–Kier alpha value is -2.10. The molecule has 25 heavy (non-hydrogen) atoms. The molecule has 1 aliphatic heterocycles. The molecule has 1 fully saturated rings. The molecule has 1 atom stereocenters. The zero-order chi connectivity index (χ0) is 17.8. The molecule has 4 heteroatoms. The second-order valence-corrected chi connectivity index (χ2v) is 7.41. The van der Waals surface area contributed by atoms with Crippen molar-refractivity contribution in [2.24, 2.45) is 0 Å². The summed E-state index contributed by atoms with van der Waals surface area (Å²) in [5.74, 6) is 1.85. The van der Waals surface area contributed by atoms with Crippen molar-refractivity contribution < 1.29 is 4.79 Å². The molecule has 3 rings (SSSR count). The van der Waals surface area contributed by atoms with Crippen LogP contribution in [0.1, 0.15) is 56.0 Å². The van der Waals surface area contributed by atoms with Crippen molar-refractivity contribution in [2.45, 2.75) is 65.0 Å². The van der Waals surface area contributed by atoms with E-state index >= 15 is 0 Å². The van der Waals surface area contributed by atoms with Gasteiger partial charge >= 0.3 is 0 Å². The highest BCUT2D eigenvalue weighted by molar-refractivity contribution is 5.77. The molecule has 1 amide bonds. The van der Waals surface area contributed by atoms with Gasteiger partial charge in [-0.05, 0) is 43.2 Å². The van der Waals surface area contributed by atoms with E-state index in [9.17, 15) is 4.79 Å². The van der Waals surface area contributed by atoms with Crippen molar-refractivity contribution in [3.8, 4) is 0 Å². The summed E-state index contributed by atoms with van der Waals surface area (Å²) >= 11 is 0. The maximum atomic E-state index is 12.7. The molecular formula is C21H29N3O. The van der Waals surface area contributed by atoms with E-state index in [4.69, 9.17) is 0 Å². The molecule has 1 aliphatic rings. The molecule has 1 unspecified atom stereocenters. The summed E-state index contributed by atoms with van der Waals surface area (Å²) in [5, 5.41) is 0. The number of imidazole rings is 1. The van der Waals surface area contributed by atoms with Crippen LogP contribution in [0, 0.1) is 6.92 Å². The fourth-order valence-corrected chi connectivity index (χ4v) is 3.64. The lowest BCUT2D eigenvalue weighted by molar-refractivity contribution is -0.132. The molecular weight excluding hydrogens is 310 g/mol. The van der Waals surface area contributed by atoms with E-state index < -0.39 is 0 Å². The molecule has 0 aliphatic carbocycles. The van der Waals surface area contributed by atoms with Gasteiger partial charge < -0.3 is 9.47 Å². The third-order valence-corrected chi connectivity index (χ3v) is 5.30. The van der Waals surface area contributed by atoms with Crippen LogP contribution >= 0.6 is 0 Å². The van der Waals surface area contributed by atoms with Crippen molar-refractivity contribution in [2.75, 3.05) is 6.54 Å². The Labute approximate surface area is 150 Å². The molecule has 4 nitrogen and oxygen atoms in total. The van der Waals surface area contributed by atoms with E-state index in [1.54, 1.807) is 0 Å². The molecule has 1 aromatic carbocycles. The first-order chi connectivity index (χ1) is 12.0. The van der Waals surface area contributed by atoms with Gasteiger partial charge in [0.15, 0.2) is 0 Å². The number of hydrogen-bond acceptors (Lipinski definition) is 2. The highest BCUT2D eigenvalue weighted by Crippen LogP contribution is 2.21. The number of carbonyl (C=O) groups is 1. The van der Waals surface area contributed by atoms with E-state index in [2.05, 4.69) is 52.6 Å².